The van der Waals surface area contributed by atoms with E-state index in [1.54, 1.807) is 18.6 Å². The van der Waals surface area contributed by atoms with Crippen LogP contribution in [0.3, 0.4) is 0 Å². The summed E-state index contributed by atoms with van der Waals surface area (Å²) >= 11 is 0. The number of aromatic nitrogens is 3. The van der Waals surface area contributed by atoms with E-state index in [2.05, 4.69) is 9.84 Å². The number of rotatable bonds is 6. The number of nitrogens with one attached hydrogen (secondary N) is 1. The van der Waals surface area contributed by atoms with E-state index >= 15 is 0 Å². The monoisotopic (exact) mass is 398 g/mol. The highest BCUT2D eigenvalue weighted by molar-refractivity contribution is 7.90. The predicted octanol–water partition coefficient (Wildman–Crippen LogP) is 0.197. The Balaban J connectivity index is 2.42. The summed E-state index contributed by atoms with van der Waals surface area (Å²) in [4.78, 5) is 35.8. The molecule has 1 N–H and O–H groups in total. The fourth-order valence-corrected chi connectivity index (χ4v) is 3.33. The van der Waals surface area contributed by atoms with Crippen molar-refractivity contribution in [1.29, 1.82) is 0 Å². The number of hydrogen-bond acceptors (Lipinski definition) is 8. The Morgan fingerprint density at radius 3 is 2.48 bits per heavy atom. The average Bonchev–Trinajstić information content (AvgIpc) is 2.96. The fourth-order valence-electron chi connectivity index (χ4n) is 2.21. The molecule has 0 aliphatic carbocycles. The van der Waals surface area contributed by atoms with Gasteiger partial charge in [0.15, 0.2) is 0 Å². The summed E-state index contributed by atoms with van der Waals surface area (Å²) in [5.41, 5.74) is -1.13. The smallest absolute Gasteiger partial charge is 0.360 e. The normalized spacial score (nSPS) is 11.1. The van der Waals surface area contributed by atoms with E-state index in [4.69, 9.17) is 4.74 Å². The molecule has 2 rings (SSSR count). The van der Waals surface area contributed by atoms with Crippen molar-refractivity contribution in [2.45, 2.75) is 25.3 Å². The van der Waals surface area contributed by atoms with Crippen LogP contribution in [0.5, 0.6) is 6.01 Å². The molecule has 0 atom stereocenters. The highest BCUT2D eigenvalue weighted by Gasteiger charge is 2.27. The molecule has 0 saturated carbocycles. The van der Waals surface area contributed by atoms with Gasteiger partial charge < -0.3 is 9.47 Å². The lowest BCUT2D eigenvalue weighted by atomic mass is 10.2. The molecule has 2 aromatic rings. The third-order valence-electron chi connectivity index (χ3n) is 3.41. The molecule has 11 nitrogen and oxygen atoms in total. The van der Waals surface area contributed by atoms with Crippen LogP contribution in [0.15, 0.2) is 34.0 Å². The zero-order chi connectivity index (χ0) is 20.2. The van der Waals surface area contributed by atoms with Gasteiger partial charge in [-0.1, -0.05) is 12.1 Å². The molecule has 0 unspecified atom stereocenters. The highest BCUT2D eigenvalue weighted by atomic mass is 32.2. The van der Waals surface area contributed by atoms with E-state index in [1.165, 1.54) is 18.2 Å². The Hall–Kier alpha value is -3.15. The van der Waals surface area contributed by atoms with Crippen LogP contribution in [0.1, 0.15) is 24.2 Å². The number of ether oxygens (including phenoxy) is 2. The second-order valence-electron chi connectivity index (χ2n) is 5.05. The molecule has 0 fully saturated rings. The van der Waals surface area contributed by atoms with Crippen LogP contribution < -0.4 is 15.1 Å². The van der Waals surface area contributed by atoms with Gasteiger partial charge in [-0.05, 0) is 26.0 Å². The Morgan fingerprint density at radius 1 is 1.22 bits per heavy atom. The van der Waals surface area contributed by atoms with Crippen molar-refractivity contribution in [3.05, 3.63) is 40.3 Å². The summed E-state index contributed by atoms with van der Waals surface area (Å²) in [6.07, 6.45) is 0. The van der Waals surface area contributed by atoms with Crippen LogP contribution in [-0.2, 0) is 21.3 Å². The topological polar surface area (TPSA) is 139 Å². The maximum Gasteiger partial charge on any atom is 0.360 e. The first-order valence-corrected chi connectivity index (χ1v) is 9.32. The van der Waals surface area contributed by atoms with E-state index in [9.17, 15) is 22.8 Å². The molecular weight excluding hydrogens is 380 g/mol. The summed E-state index contributed by atoms with van der Waals surface area (Å²) in [7, 11) is -3.39. The number of nitrogens with zero attached hydrogens (tertiary/aromatic N) is 3. The zero-order valence-corrected chi connectivity index (χ0v) is 15.6. The molecule has 1 heterocycles. The Kier molecular flexibility index (Phi) is 6.00. The van der Waals surface area contributed by atoms with E-state index < -0.39 is 32.6 Å². The van der Waals surface area contributed by atoms with Gasteiger partial charge in [0.2, 0.25) is 0 Å². The second kappa shape index (κ2) is 8.03. The van der Waals surface area contributed by atoms with Gasteiger partial charge in [-0.2, -0.15) is 0 Å². The van der Waals surface area contributed by atoms with Crippen LogP contribution >= 0.6 is 0 Å². The highest BCUT2D eigenvalue weighted by Crippen LogP contribution is 2.16. The largest absolute Gasteiger partial charge is 0.465 e. The van der Waals surface area contributed by atoms with Gasteiger partial charge in [0.05, 0.1) is 19.3 Å². The van der Waals surface area contributed by atoms with Gasteiger partial charge in [0.1, 0.15) is 4.90 Å². The first kappa shape index (κ1) is 20.2. The summed E-state index contributed by atoms with van der Waals surface area (Å²) < 4.78 is 37.9. The predicted molar refractivity (Wildman–Crippen MR) is 92.2 cm³/mol. The lowest BCUT2D eigenvalue weighted by Crippen LogP contribution is -2.41. The molecule has 0 radical (unpaired) electrons. The lowest BCUT2D eigenvalue weighted by Gasteiger charge is -2.09. The minimum atomic E-state index is -4.48. The number of amides is 1. The van der Waals surface area contributed by atoms with Crippen LogP contribution in [0.25, 0.3) is 0 Å². The number of hydrogen-bond donors (Lipinski definition) is 1. The molecule has 0 bridgehead atoms. The van der Waals surface area contributed by atoms with Gasteiger partial charge in [-0.25, -0.2) is 32.1 Å². The molecule has 0 aliphatic heterocycles. The van der Waals surface area contributed by atoms with Crippen LogP contribution in [-0.4, -0.2) is 48.5 Å². The lowest BCUT2D eigenvalue weighted by molar-refractivity contribution is 0.0596. The first-order valence-electron chi connectivity index (χ1n) is 7.83. The molecule has 1 amide bonds. The Bertz CT molecular complexity index is 1020. The molecule has 0 spiro atoms. The summed E-state index contributed by atoms with van der Waals surface area (Å²) in [6, 6.07) is 3.74. The number of carbonyl (C=O) groups is 2. The minimum Gasteiger partial charge on any atom is -0.465 e. The number of sulfonamides is 1. The summed E-state index contributed by atoms with van der Waals surface area (Å²) in [6.45, 7) is 3.66. The van der Waals surface area contributed by atoms with Gasteiger partial charge in [-0.15, -0.1) is 9.78 Å². The van der Waals surface area contributed by atoms with Gasteiger partial charge >= 0.3 is 23.7 Å². The number of methoxy groups -OCH3 is 1. The van der Waals surface area contributed by atoms with E-state index in [-0.39, 0.29) is 24.7 Å². The molecule has 0 aliphatic rings. The van der Waals surface area contributed by atoms with Gasteiger partial charge in [0.25, 0.3) is 10.0 Å². The van der Waals surface area contributed by atoms with Gasteiger partial charge in [0, 0.05) is 6.54 Å². The van der Waals surface area contributed by atoms with E-state index in [0.717, 1.165) is 17.7 Å². The average molecular weight is 398 g/mol. The number of carbonyl (C=O) groups excluding carboxylic acids is 2. The van der Waals surface area contributed by atoms with Gasteiger partial charge in [-0.3, -0.25) is 0 Å². The Morgan fingerprint density at radius 2 is 1.89 bits per heavy atom. The maximum absolute atomic E-state index is 12.5. The van der Waals surface area contributed by atoms with Crippen LogP contribution in [0.4, 0.5) is 4.79 Å². The molecule has 27 heavy (non-hydrogen) atoms. The molecule has 12 heteroatoms. The molecule has 0 saturated heterocycles. The zero-order valence-electron chi connectivity index (χ0n) is 14.8. The second-order valence-corrected chi connectivity index (χ2v) is 6.70. The van der Waals surface area contributed by atoms with E-state index in [1.807, 2.05) is 0 Å². The Labute approximate surface area is 154 Å². The summed E-state index contributed by atoms with van der Waals surface area (Å²) in [5, 5.41) is 3.70. The number of benzene rings is 1. The van der Waals surface area contributed by atoms with Crippen molar-refractivity contribution < 1.29 is 27.5 Å². The standard InChI is InChI=1S/C15H18N4O7S/c1-4-18-14(26-5-2)16-19(15(18)22)13(21)17-27(23,24)11-9-7-6-8-10(11)12(20)25-3/h6-9H,4-5H2,1-3H3,(H,17,21). The molecule has 1 aromatic carbocycles. The maximum atomic E-state index is 12.5. The van der Waals surface area contributed by atoms with Crippen molar-refractivity contribution in [2.75, 3.05) is 13.7 Å². The third kappa shape index (κ3) is 4.00. The van der Waals surface area contributed by atoms with Crippen molar-refractivity contribution >= 4 is 22.0 Å². The SMILES string of the molecule is CCOc1nn(C(=O)NS(=O)(=O)c2ccccc2C(=O)OC)c(=O)n1CC. The first-order chi connectivity index (χ1) is 12.8. The van der Waals surface area contributed by atoms with Crippen LogP contribution in [0, 0.1) is 0 Å². The van der Waals surface area contributed by atoms with Crippen molar-refractivity contribution in [3.63, 3.8) is 0 Å². The third-order valence-corrected chi connectivity index (χ3v) is 4.79. The molecule has 1 aromatic heterocycles. The fraction of sp³-hybridized carbons (Fsp3) is 0.333. The molecular formula is C15H18N4O7S. The molecule has 146 valence electrons. The number of esters is 1. The van der Waals surface area contributed by atoms with Crippen molar-refractivity contribution in [2.24, 2.45) is 0 Å². The van der Waals surface area contributed by atoms with Crippen LogP contribution in [0.2, 0.25) is 0 Å². The quantitative estimate of drug-likeness (QED) is 0.681. The van der Waals surface area contributed by atoms with Crippen molar-refractivity contribution in [3.8, 4) is 6.01 Å². The summed E-state index contributed by atoms with van der Waals surface area (Å²) in [5.74, 6) is -0.894. The van der Waals surface area contributed by atoms with E-state index in [0.29, 0.717) is 4.68 Å². The minimum absolute atomic E-state index is 0.118. The van der Waals surface area contributed by atoms with Crippen molar-refractivity contribution in [1.82, 2.24) is 19.1 Å².